The van der Waals surface area contributed by atoms with Gasteiger partial charge in [-0.05, 0) is 36.8 Å². The van der Waals surface area contributed by atoms with Crippen molar-refractivity contribution in [2.75, 3.05) is 19.1 Å². The van der Waals surface area contributed by atoms with E-state index in [2.05, 4.69) is 15.5 Å². The number of esters is 1. The van der Waals surface area contributed by atoms with Crippen molar-refractivity contribution in [1.82, 2.24) is 0 Å². The molecule has 0 saturated heterocycles. The molecule has 0 unspecified atom stereocenters. The van der Waals surface area contributed by atoms with Crippen molar-refractivity contribution in [3.05, 3.63) is 40.9 Å². The first-order valence-corrected chi connectivity index (χ1v) is 7.67. The molecule has 0 spiro atoms. The second-order valence-electron chi connectivity index (χ2n) is 4.34. The number of benzene rings is 1. The Balaban J connectivity index is 0.00000264. The molecular weight excluding hydrogens is 338 g/mol. The van der Waals surface area contributed by atoms with Gasteiger partial charge in [-0.25, -0.2) is 4.98 Å². The van der Waals surface area contributed by atoms with Crippen LogP contribution >= 0.6 is 11.3 Å². The van der Waals surface area contributed by atoms with E-state index in [0.29, 0.717) is 6.61 Å². The minimum Gasteiger partial charge on any atom is -1.00 e. The van der Waals surface area contributed by atoms with E-state index in [1.165, 1.54) is 11.3 Å². The number of ether oxygens (including phenoxy) is 2. The molecule has 124 valence electrons. The first-order chi connectivity index (χ1) is 10.7. The zero-order chi connectivity index (χ0) is 15.8. The molecule has 0 bridgehead atoms. The Morgan fingerprint density at radius 2 is 2.13 bits per heavy atom. The lowest BCUT2D eigenvalue weighted by Crippen LogP contribution is -3.00. The van der Waals surface area contributed by atoms with Crippen LogP contribution < -0.4 is 27.6 Å². The third-order valence-electron chi connectivity index (χ3n) is 2.73. The van der Waals surface area contributed by atoms with Gasteiger partial charge in [-0.15, -0.1) is 5.43 Å². The third-order valence-corrected chi connectivity index (χ3v) is 3.56. The highest BCUT2D eigenvalue weighted by Gasteiger charge is 2.11. The number of hydrogen-bond acceptors (Lipinski definition) is 6. The fraction of sp³-hybridized carbons (Fsp3) is 0.267. The van der Waals surface area contributed by atoms with Gasteiger partial charge in [0.05, 0.1) is 19.9 Å². The number of nitrogens with one attached hydrogen (secondary N) is 2. The second kappa shape index (κ2) is 9.81. The number of carbonyl (C=O) groups is 1. The average Bonchev–Trinajstić information content (AvgIpc) is 2.95. The maximum Gasteiger partial charge on any atom is 0.357 e. The SMILES string of the molecule is CCOC(=O)Cc1csc(N/N=C/c2ccc(OC)cc2)[nH+]1.[Cl-]. The van der Waals surface area contributed by atoms with Crippen LogP contribution in [0.5, 0.6) is 5.75 Å². The number of rotatable bonds is 7. The number of anilines is 1. The predicted octanol–water partition coefficient (Wildman–Crippen LogP) is -0.874. The van der Waals surface area contributed by atoms with Crippen LogP contribution in [0.15, 0.2) is 34.7 Å². The number of thiazole rings is 1. The Labute approximate surface area is 144 Å². The Hall–Kier alpha value is -2.12. The lowest BCUT2D eigenvalue weighted by Gasteiger charge is -1.97. The highest BCUT2D eigenvalue weighted by molar-refractivity contribution is 7.13. The topological polar surface area (TPSA) is 74.1 Å². The number of hydrogen-bond donors (Lipinski definition) is 1. The number of aromatic nitrogens is 1. The quantitative estimate of drug-likeness (QED) is 0.398. The van der Waals surface area contributed by atoms with E-state index in [0.717, 1.165) is 22.1 Å². The number of aromatic amines is 1. The molecule has 0 aliphatic rings. The molecule has 2 aromatic rings. The minimum absolute atomic E-state index is 0. The smallest absolute Gasteiger partial charge is 0.357 e. The van der Waals surface area contributed by atoms with Gasteiger partial charge in [-0.2, -0.15) is 0 Å². The van der Waals surface area contributed by atoms with Crippen molar-refractivity contribution in [1.29, 1.82) is 0 Å². The number of carbonyl (C=O) groups excluding carboxylic acids is 1. The minimum atomic E-state index is -0.246. The van der Waals surface area contributed by atoms with Crippen LogP contribution in [0.2, 0.25) is 0 Å². The van der Waals surface area contributed by atoms with Crippen LogP contribution in [0.4, 0.5) is 5.13 Å². The lowest BCUT2D eigenvalue weighted by atomic mass is 10.2. The lowest BCUT2D eigenvalue weighted by molar-refractivity contribution is -0.366. The summed E-state index contributed by atoms with van der Waals surface area (Å²) in [5.41, 5.74) is 4.65. The van der Waals surface area contributed by atoms with Gasteiger partial charge in [0.25, 0.3) is 0 Å². The van der Waals surface area contributed by atoms with Crippen molar-refractivity contribution >= 4 is 28.7 Å². The Kier molecular flexibility index (Phi) is 8.07. The molecule has 23 heavy (non-hydrogen) atoms. The molecule has 6 nitrogen and oxygen atoms in total. The van der Waals surface area contributed by atoms with Gasteiger partial charge in [0.2, 0.25) is 0 Å². The Morgan fingerprint density at radius 1 is 1.39 bits per heavy atom. The number of H-pyrrole nitrogens is 1. The summed E-state index contributed by atoms with van der Waals surface area (Å²) in [6, 6.07) is 7.56. The molecule has 2 N–H and O–H groups in total. The molecule has 0 radical (unpaired) electrons. The number of nitrogens with zero attached hydrogens (tertiary/aromatic N) is 1. The van der Waals surface area contributed by atoms with E-state index >= 15 is 0 Å². The predicted molar refractivity (Wildman–Crippen MR) is 85.4 cm³/mol. The monoisotopic (exact) mass is 355 g/mol. The first kappa shape index (κ1) is 18.9. The molecule has 1 aromatic carbocycles. The summed E-state index contributed by atoms with van der Waals surface area (Å²) in [4.78, 5) is 14.5. The van der Waals surface area contributed by atoms with E-state index in [4.69, 9.17) is 9.47 Å². The fourth-order valence-electron chi connectivity index (χ4n) is 1.70. The molecule has 0 fully saturated rings. The molecule has 0 saturated carbocycles. The molecule has 0 aliphatic carbocycles. The van der Waals surface area contributed by atoms with Crippen LogP contribution in [0.25, 0.3) is 0 Å². The van der Waals surface area contributed by atoms with Gasteiger partial charge in [-0.3, -0.25) is 4.79 Å². The summed E-state index contributed by atoms with van der Waals surface area (Å²) in [6.07, 6.45) is 1.94. The molecule has 2 rings (SSSR count). The molecule has 0 aliphatic heterocycles. The van der Waals surface area contributed by atoms with Crippen molar-refractivity contribution < 1.29 is 31.7 Å². The van der Waals surface area contributed by atoms with Crippen LogP contribution in [0.1, 0.15) is 18.2 Å². The zero-order valence-corrected chi connectivity index (χ0v) is 14.4. The zero-order valence-electron chi connectivity index (χ0n) is 12.8. The summed E-state index contributed by atoms with van der Waals surface area (Å²) in [6.45, 7) is 2.18. The highest BCUT2D eigenvalue weighted by Crippen LogP contribution is 2.12. The summed E-state index contributed by atoms with van der Waals surface area (Å²) < 4.78 is 9.99. The van der Waals surface area contributed by atoms with Crippen LogP contribution in [0, 0.1) is 0 Å². The Morgan fingerprint density at radius 3 is 2.78 bits per heavy atom. The van der Waals surface area contributed by atoms with Crippen LogP contribution in [-0.4, -0.2) is 25.9 Å². The largest absolute Gasteiger partial charge is 1.00 e. The summed E-state index contributed by atoms with van der Waals surface area (Å²) >= 11 is 1.44. The van der Waals surface area contributed by atoms with Gasteiger partial charge in [-0.1, -0.05) is 16.4 Å². The Bertz CT molecular complexity index is 644. The van der Waals surface area contributed by atoms with Gasteiger partial charge in [0, 0.05) is 5.38 Å². The van der Waals surface area contributed by atoms with Crippen molar-refractivity contribution in [2.45, 2.75) is 13.3 Å². The van der Waals surface area contributed by atoms with Crippen molar-refractivity contribution in [2.24, 2.45) is 5.10 Å². The van der Waals surface area contributed by atoms with Gasteiger partial charge >= 0.3 is 11.1 Å². The van der Waals surface area contributed by atoms with Crippen LogP contribution in [0.3, 0.4) is 0 Å². The maximum absolute atomic E-state index is 11.4. The molecule has 0 amide bonds. The van der Waals surface area contributed by atoms with Gasteiger partial charge in [0.1, 0.15) is 17.9 Å². The molecule has 8 heteroatoms. The average molecular weight is 356 g/mol. The number of methoxy groups -OCH3 is 1. The number of halogens is 1. The summed E-state index contributed by atoms with van der Waals surface area (Å²) in [5, 5.41) is 6.76. The normalized spacial score (nSPS) is 10.2. The second-order valence-corrected chi connectivity index (χ2v) is 5.22. The van der Waals surface area contributed by atoms with E-state index in [9.17, 15) is 4.79 Å². The van der Waals surface area contributed by atoms with Gasteiger partial charge < -0.3 is 21.9 Å². The maximum atomic E-state index is 11.4. The molecule has 0 atom stereocenters. The van der Waals surface area contributed by atoms with E-state index in [-0.39, 0.29) is 24.8 Å². The van der Waals surface area contributed by atoms with E-state index in [1.54, 1.807) is 20.2 Å². The molecular formula is C15H18ClN3O3S. The molecule has 1 aromatic heterocycles. The van der Waals surface area contributed by atoms with E-state index < -0.39 is 0 Å². The summed E-state index contributed by atoms with van der Waals surface area (Å²) in [7, 11) is 1.63. The van der Waals surface area contributed by atoms with Gasteiger partial charge in [0.15, 0.2) is 0 Å². The third kappa shape index (κ3) is 6.25. The fourth-order valence-corrected chi connectivity index (χ4v) is 2.40. The van der Waals surface area contributed by atoms with Crippen molar-refractivity contribution in [3.63, 3.8) is 0 Å². The highest BCUT2D eigenvalue weighted by atomic mass is 35.5. The van der Waals surface area contributed by atoms with E-state index in [1.807, 2.05) is 29.6 Å². The summed E-state index contributed by atoms with van der Waals surface area (Å²) in [5.74, 6) is 0.560. The van der Waals surface area contributed by atoms with Crippen LogP contribution in [-0.2, 0) is 16.0 Å². The standard InChI is InChI=1S/C15H17N3O3S.ClH/c1-3-21-14(19)8-12-10-22-15(17-12)18-16-9-11-4-6-13(20-2)7-5-11;/h4-7,9-10H,3,8H2,1-2H3,(H,17,18);1H/b16-9+;. The van der Waals surface area contributed by atoms with Crippen molar-refractivity contribution in [3.8, 4) is 5.75 Å². The molecule has 1 heterocycles. The number of hydrazone groups is 1. The first-order valence-electron chi connectivity index (χ1n) is 6.79.